The highest BCUT2D eigenvalue weighted by molar-refractivity contribution is 7.88. The summed E-state index contributed by atoms with van der Waals surface area (Å²) in [5.41, 5.74) is 0. The summed E-state index contributed by atoms with van der Waals surface area (Å²) in [6.45, 7) is 1.28. The van der Waals surface area contributed by atoms with E-state index in [0.29, 0.717) is 56.5 Å². The number of aromatic nitrogens is 2. The van der Waals surface area contributed by atoms with Crippen LogP contribution in [-0.4, -0.2) is 60.1 Å². The van der Waals surface area contributed by atoms with Crippen LogP contribution in [0.1, 0.15) is 75.4 Å². The molecule has 1 saturated carbocycles. The summed E-state index contributed by atoms with van der Waals surface area (Å²) in [4.78, 5) is 18.5. The highest BCUT2D eigenvalue weighted by Crippen LogP contribution is 2.28. The van der Waals surface area contributed by atoms with Crippen molar-refractivity contribution < 1.29 is 17.7 Å². The van der Waals surface area contributed by atoms with Gasteiger partial charge in [-0.25, -0.2) is 12.7 Å². The molecule has 0 spiro atoms. The number of hydrogen-bond donors (Lipinski definition) is 0. The molecule has 0 unspecified atom stereocenters. The van der Waals surface area contributed by atoms with E-state index in [1.165, 1.54) is 42.7 Å². The van der Waals surface area contributed by atoms with Gasteiger partial charge in [0.2, 0.25) is 21.8 Å². The van der Waals surface area contributed by atoms with E-state index in [9.17, 15) is 13.2 Å². The van der Waals surface area contributed by atoms with Crippen LogP contribution < -0.4 is 0 Å². The lowest BCUT2D eigenvalue weighted by atomic mass is 9.86. The van der Waals surface area contributed by atoms with Gasteiger partial charge in [-0.1, -0.05) is 37.3 Å². The fourth-order valence-corrected chi connectivity index (χ4v) is 5.10. The van der Waals surface area contributed by atoms with Crippen molar-refractivity contribution in [2.45, 2.75) is 70.3 Å². The third-order valence-electron chi connectivity index (χ3n) is 6.06. The molecule has 1 aromatic heterocycles. The summed E-state index contributed by atoms with van der Waals surface area (Å²) in [7, 11) is -1.37. The highest BCUT2D eigenvalue weighted by Gasteiger charge is 2.28. The van der Waals surface area contributed by atoms with Gasteiger partial charge in [0.05, 0.1) is 12.8 Å². The smallest absolute Gasteiger partial charge is 0.246 e. The molecule has 2 aliphatic rings. The summed E-state index contributed by atoms with van der Waals surface area (Å²) in [5.74, 6) is 1.97. The molecular weight excluding hydrogens is 380 g/mol. The van der Waals surface area contributed by atoms with E-state index in [-0.39, 0.29) is 11.8 Å². The zero-order valence-corrected chi connectivity index (χ0v) is 17.8. The monoisotopic (exact) mass is 412 g/mol. The molecule has 158 valence electrons. The predicted octanol–water partition coefficient (Wildman–Crippen LogP) is 2.53. The van der Waals surface area contributed by atoms with Gasteiger partial charge in [-0.2, -0.15) is 4.98 Å². The number of amides is 1. The maximum Gasteiger partial charge on any atom is 0.246 e. The average Bonchev–Trinajstić information content (AvgIpc) is 3.14. The Morgan fingerprint density at radius 3 is 2.50 bits per heavy atom. The minimum Gasteiger partial charge on any atom is -0.337 e. The van der Waals surface area contributed by atoms with Gasteiger partial charge >= 0.3 is 0 Å². The van der Waals surface area contributed by atoms with Crippen LogP contribution in [0.15, 0.2) is 4.52 Å². The van der Waals surface area contributed by atoms with Gasteiger partial charge in [-0.3, -0.25) is 4.79 Å². The minimum atomic E-state index is -3.14. The van der Waals surface area contributed by atoms with Crippen molar-refractivity contribution in [2.24, 2.45) is 5.92 Å². The Bertz CT molecular complexity index is 750. The van der Waals surface area contributed by atoms with Gasteiger partial charge in [0, 0.05) is 32.5 Å². The Morgan fingerprint density at radius 2 is 1.86 bits per heavy atom. The maximum absolute atomic E-state index is 12.4. The second kappa shape index (κ2) is 9.35. The third-order valence-corrected chi connectivity index (χ3v) is 7.36. The SMILES string of the molecule is CN(Cc1nc(C2CCN(S(C)(=O)=O)CC2)no1)C(=O)CCC1CCCCC1. The van der Waals surface area contributed by atoms with Crippen molar-refractivity contribution in [3.8, 4) is 0 Å². The van der Waals surface area contributed by atoms with E-state index in [1.807, 2.05) is 0 Å². The van der Waals surface area contributed by atoms with Crippen LogP contribution >= 0.6 is 0 Å². The van der Waals surface area contributed by atoms with Crippen LogP contribution in [0.3, 0.4) is 0 Å². The standard InChI is InChI=1S/C19H32N4O4S/c1-22(18(24)9-8-15-6-4-3-5-7-15)14-17-20-19(21-27-17)16-10-12-23(13-11-16)28(2,25)26/h15-16H,3-14H2,1-2H3. The Balaban J connectivity index is 1.45. The summed E-state index contributed by atoms with van der Waals surface area (Å²) in [6, 6.07) is 0. The first kappa shape index (κ1) is 21.2. The molecule has 1 saturated heterocycles. The summed E-state index contributed by atoms with van der Waals surface area (Å²) >= 11 is 0. The van der Waals surface area contributed by atoms with Crippen molar-refractivity contribution in [1.82, 2.24) is 19.3 Å². The predicted molar refractivity (Wildman–Crippen MR) is 105 cm³/mol. The molecule has 1 amide bonds. The first-order valence-corrected chi connectivity index (χ1v) is 12.2. The van der Waals surface area contributed by atoms with E-state index in [2.05, 4.69) is 10.1 Å². The lowest BCUT2D eigenvalue weighted by Gasteiger charge is -2.28. The van der Waals surface area contributed by atoms with Crippen molar-refractivity contribution in [1.29, 1.82) is 0 Å². The topological polar surface area (TPSA) is 96.6 Å². The first-order chi connectivity index (χ1) is 13.3. The molecule has 2 heterocycles. The Hall–Kier alpha value is -1.48. The Labute approximate surface area is 167 Å². The van der Waals surface area contributed by atoms with E-state index in [1.54, 1.807) is 11.9 Å². The molecule has 28 heavy (non-hydrogen) atoms. The van der Waals surface area contributed by atoms with Crippen molar-refractivity contribution >= 4 is 15.9 Å². The number of piperidine rings is 1. The number of carbonyl (C=O) groups excluding carboxylic acids is 1. The fourth-order valence-electron chi connectivity index (χ4n) is 4.23. The average molecular weight is 413 g/mol. The van der Waals surface area contributed by atoms with E-state index < -0.39 is 10.0 Å². The molecule has 0 aromatic carbocycles. The van der Waals surface area contributed by atoms with Gasteiger partial charge in [0.15, 0.2) is 5.82 Å². The molecule has 0 radical (unpaired) electrons. The van der Waals surface area contributed by atoms with Crippen LogP contribution in [0.2, 0.25) is 0 Å². The molecule has 8 nitrogen and oxygen atoms in total. The number of carbonyl (C=O) groups is 1. The lowest BCUT2D eigenvalue weighted by molar-refractivity contribution is -0.131. The van der Waals surface area contributed by atoms with E-state index >= 15 is 0 Å². The molecule has 9 heteroatoms. The van der Waals surface area contributed by atoms with E-state index in [4.69, 9.17) is 4.52 Å². The van der Waals surface area contributed by atoms with Gasteiger partial charge in [0.1, 0.15) is 0 Å². The number of nitrogens with zero attached hydrogens (tertiary/aromatic N) is 4. The van der Waals surface area contributed by atoms with Gasteiger partial charge < -0.3 is 9.42 Å². The summed E-state index contributed by atoms with van der Waals surface area (Å²) in [6.07, 6.45) is 10.6. The van der Waals surface area contributed by atoms with Crippen molar-refractivity contribution in [2.75, 3.05) is 26.4 Å². The van der Waals surface area contributed by atoms with E-state index in [0.717, 1.165) is 6.42 Å². The normalized spacial score (nSPS) is 20.4. The van der Waals surface area contributed by atoms with Crippen molar-refractivity contribution in [3.63, 3.8) is 0 Å². The number of rotatable bonds is 7. The number of sulfonamides is 1. The molecule has 0 bridgehead atoms. The molecular formula is C19H32N4O4S. The fraction of sp³-hybridized carbons (Fsp3) is 0.842. The summed E-state index contributed by atoms with van der Waals surface area (Å²) in [5, 5.41) is 4.07. The van der Waals surface area contributed by atoms with Gasteiger partial charge in [0.25, 0.3) is 0 Å². The van der Waals surface area contributed by atoms with Crippen LogP contribution in [0.5, 0.6) is 0 Å². The largest absolute Gasteiger partial charge is 0.337 e. The number of hydrogen-bond acceptors (Lipinski definition) is 6. The quantitative estimate of drug-likeness (QED) is 0.683. The van der Waals surface area contributed by atoms with Crippen LogP contribution in [0, 0.1) is 5.92 Å². The Morgan fingerprint density at radius 1 is 1.18 bits per heavy atom. The molecule has 1 aliphatic carbocycles. The molecule has 1 aromatic rings. The maximum atomic E-state index is 12.4. The molecule has 2 fully saturated rings. The molecule has 0 atom stereocenters. The second-order valence-electron chi connectivity index (χ2n) is 8.28. The second-order valence-corrected chi connectivity index (χ2v) is 10.3. The highest BCUT2D eigenvalue weighted by atomic mass is 32.2. The first-order valence-electron chi connectivity index (χ1n) is 10.3. The Kier molecular flexibility index (Phi) is 7.09. The van der Waals surface area contributed by atoms with Crippen LogP contribution in [0.25, 0.3) is 0 Å². The lowest BCUT2D eigenvalue weighted by Crippen LogP contribution is -2.37. The summed E-state index contributed by atoms with van der Waals surface area (Å²) < 4.78 is 30.1. The van der Waals surface area contributed by atoms with Gasteiger partial charge in [-0.15, -0.1) is 0 Å². The zero-order valence-electron chi connectivity index (χ0n) is 17.0. The third kappa shape index (κ3) is 5.76. The molecule has 1 aliphatic heterocycles. The molecule has 3 rings (SSSR count). The minimum absolute atomic E-state index is 0.0998. The van der Waals surface area contributed by atoms with Crippen molar-refractivity contribution in [3.05, 3.63) is 11.7 Å². The zero-order chi connectivity index (χ0) is 20.1. The molecule has 0 N–H and O–H groups in total. The van der Waals surface area contributed by atoms with Crippen LogP contribution in [0.4, 0.5) is 0 Å². The van der Waals surface area contributed by atoms with Gasteiger partial charge in [-0.05, 0) is 25.2 Å². The van der Waals surface area contributed by atoms with Crippen LogP contribution in [-0.2, 0) is 21.4 Å².